The molecule has 4 nitrogen and oxygen atoms in total. The molecular formula is C14H20N2O2. The van der Waals surface area contributed by atoms with Crippen molar-refractivity contribution in [1.29, 1.82) is 0 Å². The molecule has 4 N–H and O–H groups in total. The fourth-order valence-electron chi connectivity index (χ4n) is 2.41. The molecule has 0 heterocycles. The van der Waals surface area contributed by atoms with E-state index in [-0.39, 0.29) is 18.4 Å². The van der Waals surface area contributed by atoms with E-state index < -0.39 is 6.10 Å². The van der Waals surface area contributed by atoms with Crippen LogP contribution in [0.25, 0.3) is 0 Å². The summed E-state index contributed by atoms with van der Waals surface area (Å²) in [6.45, 7) is 0. The molecule has 2 rings (SSSR count). The van der Waals surface area contributed by atoms with Gasteiger partial charge in [-0.2, -0.15) is 0 Å². The second-order valence-electron chi connectivity index (χ2n) is 4.90. The molecule has 0 aliphatic heterocycles. The average molecular weight is 248 g/mol. The number of hydrogen-bond donors (Lipinski definition) is 3. The number of nitrogen functional groups attached to an aromatic ring is 1. The quantitative estimate of drug-likeness (QED) is 0.704. The van der Waals surface area contributed by atoms with Gasteiger partial charge in [0.2, 0.25) is 5.91 Å². The maximum absolute atomic E-state index is 11.9. The maximum atomic E-state index is 11.9. The first-order chi connectivity index (χ1) is 8.66. The lowest BCUT2D eigenvalue weighted by Crippen LogP contribution is -2.45. The van der Waals surface area contributed by atoms with E-state index in [0.29, 0.717) is 5.69 Å². The highest BCUT2D eigenvalue weighted by atomic mass is 16.3. The lowest BCUT2D eigenvalue weighted by atomic mass is 9.92. The molecule has 0 aromatic heterocycles. The molecule has 1 aliphatic carbocycles. The highest BCUT2D eigenvalue weighted by molar-refractivity contribution is 5.80. The summed E-state index contributed by atoms with van der Waals surface area (Å²) in [5.41, 5.74) is 7.27. The number of nitrogens with two attached hydrogens (primary N) is 1. The van der Waals surface area contributed by atoms with Crippen molar-refractivity contribution in [3.8, 4) is 0 Å². The molecule has 0 radical (unpaired) electrons. The normalized spacial score (nSPS) is 23.6. The number of aliphatic hydroxyl groups is 1. The van der Waals surface area contributed by atoms with Crippen LogP contribution in [0.3, 0.4) is 0 Å². The van der Waals surface area contributed by atoms with Crippen LogP contribution in [-0.4, -0.2) is 23.2 Å². The Morgan fingerprint density at radius 3 is 2.78 bits per heavy atom. The van der Waals surface area contributed by atoms with Crippen molar-refractivity contribution in [3.05, 3.63) is 29.8 Å². The monoisotopic (exact) mass is 248 g/mol. The standard InChI is InChI=1S/C14H20N2O2/c15-11-6-2-1-5-10(11)9-14(18)16-12-7-3-4-8-13(12)17/h1-2,5-6,12-13,17H,3-4,7-9,15H2,(H,16,18). The molecule has 2 unspecified atom stereocenters. The van der Waals surface area contributed by atoms with Crippen LogP contribution in [-0.2, 0) is 11.2 Å². The lowest BCUT2D eigenvalue weighted by Gasteiger charge is -2.28. The van der Waals surface area contributed by atoms with Crippen molar-refractivity contribution >= 4 is 11.6 Å². The van der Waals surface area contributed by atoms with E-state index in [4.69, 9.17) is 5.73 Å². The molecule has 1 aliphatic rings. The molecular weight excluding hydrogens is 228 g/mol. The summed E-state index contributed by atoms with van der Waals surface area (Å²) in [5, 5.41) is 12.7. The van der Waals surface area contributed by atoms with Gasteiger partial charge in [0.1, 0.15) is 0 Å². The average Bonchev–Trinajstić information content (AvgIpc) is 2.35. The number of hydrogen-bond acceptors (Lipinski definition) is 3. The van der Waals surface area contributed by atoms with Gasteiger partial charge >= 0.3 is 0 Å². The van der Waals surface area contributed by atoms with E-state index in [1.54, 1.807) is 6.07 Å². The molecule has 1 aromatic rings. The van der Waals surface area contributed by atoms with Crippen LogP contribution in [0.15, 0.2) is 24.3 Å². The Hall–Kier alpha value is -1.55. The Morgan fingerprint density at radius 2 is 2.06 bits per heavy atom. The minimum atomic E-state index is -0.407. The fraction of sp³-hybridized carbons (Fsp3) is 0.500. The van der Waals surface area contributed by atoms with E-state index in [2.05, 4.69) is 5.32 Å². The van der Waals surface area contributed by atoms with Crippen molar-refractivity contribution in [1.82, 2.24) is 5.32 Å². The summed E-state index contributed by atoms with van der Waals surface area (Å²) < 4.78 is 0. The maximum Gasteiger partial charge on any atom is 0.224 e. The lowest BCUT2D eigenvalue weighted by molar-refractivity contribution is -0.122. The molecule has 1 amide bonds. The van der Waals surface area contributed by atoms with Gasteiger partial charge in [-0.3, -0.25) is 4.79 Å². The smallest absolute Gasteiger partial charge is 0.224 e. The summed E-state index contributed by atoms with van der Waals surface area (Å²) >= 11 is 0. The van der Waals surface area contributed by atoms with Gasteiger partial charge in [-0.1, -0.05) is 31.0 Å². The molecule has 1 saturated carbocycles. The van der Waals surface area contributed by atoms with Crippen LogP contribution in [0, 0.1) is 0 Å². The summed E-state index contributed by atoms with van der Waals surface area (Å²) in [6, 6.07) is 7.26. The number of carbonyl (C=O) groups is 1. The third kappa shape index (κ3) is 3.23. The van der Waals surface area contributed by atoms with Crippen LogP contribution < -0.4 is 11.1 Å². The summed E-state index contributed by atoms with van der Waals surface area (Å²) in [7, 11) is 0. The number of benzene rings is 1. The summed E-state index contributed by atoms with van der Waals surface area (Å²) in [6.07, 6.45) is 3.61. The first kappa shape index (κ1) is 12.9. The van der Waals surface area contributed by atoms with Crippen LogP contribution in [0.5, 0.6) is 0 Å². The first-order valence-electron chi connectivity index (χ1n) is 6.47. The summed E-state index contributed by atoms with van der Waals surface area (Å²) in [4.78, 5) is 11.9. The zero-order chi connectivity index (χ0) is 13.0. The van der Waals surface area contributed by atoms with Gasteiger partial charge in [-0.05, 0) is 24.5 Å². The molecule has 98 valence electrons. The van der Waals surface area contributed by atoms with Crippen molar-refractivity contribution in [2.45, 2.75) is 44.2 Å². The molecule has 1 fully saturated rings. The van der Waals surface area contributed by atoms with E-state index >= 15 is 0 Å². The third-order valence-electron chi connectivity index (χ3n) is 3.48. The molecule has 0 saturated heterocycles. The van der Waals surface area contributed by atoms with Gasteiger partial charge in [-0.15, -0.1) is 0 Å². The number of para-hydroxylation sites is 1. The van der Waals surface area contributed by atoms with Crippen LogP contribution >= 0.6 is 0 Å². The van der Waals surface area contributed by atoms with Crippen molar-refractivity contribution in [3.63, 3.8) is 0 Å². The molecule has 0 spiro atoms. The van der Waals surface area contributed by atoms with Crippen molar-refractivity contribution in [2.75, 3.05) is 5.73 Å². The van der Waals surface area contributed by atoms with Crippen LogP contribution in [0.1, 0.15) is 31.2 Å². The predicted molar refractivity (Wildman–Crippen MR) is 71.0 cm³/mol. The summed E-state index contributed by atoms with van der Waals surface area (Å²) in [5.74, 6) is -0.0705. The Labute approximate surface area is 107 Å². The third-order valence-corrected chi connectivity index (χ3v) is 3.48. The zero-order valence-corrected chi connectivity index (χ0v) is 10.4. The fourth-order valence-corrected chi connectivity index (χ4v) is 2.41. The minimum absolute atomic E-state index is 0.0705. The molecule has 2 atom stereocenters. The molecule has 18 heavy (non-hydrogen) atoms. The van der Waals surface area contributed by atoms with Gasteiger partial charge in [0.15, 0.2) is 0 Å². The molecule has 0 bridgehead atoms. The SMILES string of the molecule is Nc1ccccc1CC(=O)NC1CCCCC1O. The van der Waals surface area contributed by atoms with Gasteiger partial charge < -0.3 is 16.2 Å². The van der Waals surface area contributed by atoms with E-state index in [9.17, 15) is 9.90 Å². The van der Waals surface area contributed by atoms with E-state index in [1.165, 1.54) is 0 Å². The molecule has 4 heteroatoms. The number of aliphatic hydroxyl groups excluding tert-OH is 1. The van der Waals surface area contributed by atoms with E-state index in [1.807, 2.05) is 18.2 Å². The number of nitrogens with one attached hydrogen (secondary N) is 1. The van der Waals surface area contributed by atoms with Gasteiger partial charge in [0.05, 0.1) is 18.6 Å². The Balaban J connectivity index is 1.90. The van der Waals surface area contributed by atoms with Gasteiger partial charge in [0, 0.05) is 5.69 Å². The van der Waals surface area contributed by atoms with Crippen molar-refractivity contribution in [2.24, 2.45) is 0 Å². The number of rotatable bonds is 3. The Morgan fingerprint density at radius 1 is 1.33 bits per heavy atom. The van der Waals surface area contributed by atoms with Gasteiger partial charge in [0.25, 0.3) is 0 Å². The zero-order valence-electron chi connectivity index (χ0n) is 10.4. The topological polar surface area (TPSA) is 75.4 Å². The second-order valence-corrected chi connectivity index (χ2v) is 4.90. The van der Waals surface area contributed by atoms with Gasteiger partial charge in [-0.25, -0.2) is 0 Å². The second kappa shape index (κ2) is 5.87. The van der Waals surface area contributed by atoms with Crippen LogP contribution in [0.4, 0.5) is 5.69 Å². The minimum Gasteiger partial charge on any atom is -0.398 e. The first-order valence-corrected chi connectivity index (χ1v) is 6.47. The largest absolute Gasteiger partial charge is 0.398 e. The van der Waals surface area contributed by atoms with Crippen molar-refractivity contribution < 1.29 is 9.90 Å². The Bertz CT molecular complexity index is 420. The Kier molecular flexibility index (Phi) is 4.20. The van der Waals surface area contributed by atoms with E-state index in [0.717, 1.165) is 31.2 Å². The highest BCUT2D eigenvalue weighted by Crippen LogP contribution is 2.18. The predicted octanol–water partition coefficient (Wildman–Crippen LogP) is 1.23. The number of amides is 1. The number of anilines is 1. The number of carbonyl (C=O) groups excluding carboxylic acids is 1. The highest BCUT2D eigenvalue weighted by Gasteiger charge is 2.24. The molecule has 1 aromatic carbocycles. The van der Waals surface area contributed by atoms with Crippen LogP contribution in [0.2, 0.25) is 0 Å².